The zero-order valence-electron chi connectivity index (χ0n) is 9.20. The number of hydrogen-bond donors (Lipinski definition) is 1. The van der Waals surface area contributed by atoms with Gasteiger partial charge in [0.25, 0.3) is 0 Å². The van der Waals surface area contributed by atoms with Crippen LogP contribution in [0.1, 0.15) is 11.5 Å². The average Bonchev–Trinajstić information content (AvgIpc) is 2.42. The topological polar surface area (TPSA) is 64.7 Å². The molecule has 0 amide bonds. The van der Waals surface area contributed by atoms with Gasteiger partial charge in [0.15, 0.2) is 11.6 Å². The molecule has 0 atom stereocenters. The lowest BCUT2D eigenvalue weighted by atomic mass is 10.1. The second-order valence-electron chi connectivity index (χ2n) is 3.49. The number of nitrogens with two attached hydrogens (primary N) is 1. The minimum atomic E-state index is -0.753. The maximum atomic E-state index is 13.9. The Balaban J connectivity index is 2.51. The van der Waals surface area contributed by atoms with E-state index in [2.05, 4.69) is 30.9 Å². The Morgan fingerprint density at radius 3 is 2.50 bits per heavy atom. The molecule has 0 aromatic carbocycles. The summed E-state index contributed by atoms with van der Waals surface area (Å²) in [4.78, 5) is 11.5. The average molecular weight is 315 g/mol. The molecule has 2 N–H and O–H groups in total. The molecule has 2 aromatic heterocycles. The fourth-order valence-corrected chi connectivity index (χ4v) is 1.87. The molecule has 0 saturated heterocycles. The van der Waals surface area contributed by atoms with Gasteiger partial charge in [-0.15, -0.1) is 0 Å². The smallest absolute Gasteiger partial charge is 0.163 e. The third kappa shape index (κ3) is 2.51. The fourth-order valence-electron chi connectivity index (χ4n) is 1.43. The van der Waals surface area contributed by atoms with Gasteiger partial charge in [-0.2, -0.15) is 0 Å². The van der Waals surface area contributed by atoms with E-state index in [4.69, 9.17) is 5.73 Å². The Morgan fingerprint density at radius 2 is 1.94 bits per heavy atom. The third-order valence-corrected chi connectivity index (χ3v) is 2.84. The first kappa shape index (κ1) is 13.0. The normalized spacial score (nSPS) is 10.7. The highest BCUT2D eigenvalue weighted by atomic mass is 79.9. The molecular formula is C11H9BrF2N4. The molecule has 0 aliphatic carbocycles. The van der Waals surface area contributed by atoms with Gasteiger partial charge >= 0.3 is 0 Å². The van der Waals surface area contributed by atoms with Crippen molar-refractivity contribution in [1.82, 2.24) is 15.0 Å². The largest absolute Gasteiger partial charge is 0.325 e. The molecule has 0 saturated carbocycles. The van der Waals surface area contributed by atoms with Crippen LogP contribution < -0.4 is 5.73 Å². The first-order chi connectivity index (χ1) is 8.65. The van der Waals surface area contributed by atoms with E-state index in [9.17, 15) is 8.78 Å². The van der Waals surface area contributed by atoms with Crippen molar-refractivity contribution in [1.29, 1.82) is 0 Å². The highest BCUT2D eigenvalue weighted by Crippen LogP contribution is 2.26. The summed E-state index contributed by atoms with van der Waals surface area (Å²) < 4.78 is 26.3. The van der Waals surface area contributed by atoms with E-state index in [1.165, 1.54) is 18.5 Å². The van der Waals surface area contributed by atoms with Gasteiger partial charge in [0.2, 0.25) is 0 Å². The van der Waals surface area contributed by atoms with Crippen LogP contribution in [0.4, 0.5) is 8.78 Å². The summed E-state index contributed by atoms with van der Waals surface area (Å²) in [6, 6.07) is 1.52. The molecule has 0 fully saturated rings. The molecule has 4 nitrogen and oxygen atoms in total. The van der Waals surface area contributed by atoms with E-state index in [-0.39, 0.29) is 22.5 Å². The van der Waals surface area contributed by atoms with Gasteiger partial charge in [0.05, 0.1) is 5.69 Å². The van der Waals surface area contributed by atoms with E-state index in [1.54, 1.807) is 0 Å². The van der Waals surface area contributed by atoms with Crippen LogP contribution in [-0.2, 0) is 13.2 Å². The van der Waals surface area contributed by atoms with E-state index < -0.39 is 12.5 Å². The van der Waals surface area contributed by atoms with Crippen LogP contribution in [0.25, 0.3) is 11.1 Å². The number of aromatic nitrogens is 3. The van der Waals surface area contributed by atoms with E-state index in [1.807, 2.05) is 0 Å². The maximum absolute atomic E-state index is 13.9. The van der Waals surface area contributed by atoms with Crippen LogP contribution >= 0.6 is 15.9 Å². The number of rotatable bonds is 3. The molecule has 0 bridgehead atoms. The predicted molar refractivity (Wildman–Crippen MR) is 65.6 cm³/mol. The number of hydrogen-bond acceptors (Lipinski definition) is 4. The van der Waals surface area contributed by atoms with Gasteiger partial charge in [0, 0.05) is 30.1 Å². The maximum Gasteiger partial charge on any atom is 0.163 e. The number of halogens is 3. The molecule has 0 radical (unpaired) electrons. The van der Waals surface area contributed by atoms with Gasteiger partial charge in [0.1, 0.15) is 11.3 Å². The van der Waals surface area contributed by atoms with Crippen LogP contribution in [-0.4, -0.2) is 15.0 Å². The monoisotopic (exact) mass is 314 g/mol. The minimum absolute atomic E-state index is 0.0614. The second kappa shape index (κ2) is 5.45. The van der Waals surface area contributed by atoms with Gasteiger partial charge in [-0.1, -0.05) is 0 Å². The van der Waals surface area contributed by atoms with Gasteiger partial charge in [-0.25, -0.2) is 23.7 Å². The first-order valence-electron chi connectivity index (χ1n) is 5.08. The Labute approximate surface area is 110 Å². The van der Waals surface area contributed by atoms with Crippen molar-refractivity contribution in [2.75, 3.05) is 0 Å². The van der Waals surface area contributed by atoms with Crippen molar-refractivity contribution >= 4 is 15.9 Å². The van der Waals surface area contributed by atoms with Crippen LogP contribution in [0, 0.1) is 5.82 Å². The first-order valence-corrected chi connectivity index (χ1v) is 5.87. The summed E-state index contributed by atoms with van der Waals surface area (Å²) in [7, 11) is 0. The van der Waals surface area contributed by atoms with Crippen LogP contribution in [0.2, 0.25) is 0 Å². The van der Waals surface area contributed by atoms with Crippen molar-refractivity contribution in [3.63, 3.8) is 0 Å². The van der Waals surface area contributed by atoms with Crippen molar-refractivity contribution < 1.29 is 8.78 Å². The van der Waals surface area contributed by atoms with Crippen molar-refractivity contribution in [2.24, 2.45) is 5.73 Å². The molecular weight excluding hydrogens is 306 g/mol. The minimum Gasteiger partial charge on any atom is -0.325 e. The molecule has 2 rings (SSSR count). The number of pyridine rings is 1. The summed E-state index contributed by atoms with van der Waals surface area (Å²) in [5.74, 6) is -0.463. The zero-order valence-corrected chi connectivity index (χ0v) is 10.8. The van der Waals surface area contributed by atoms with E-state index >= 15 is 0 Å². The Hall–Kier alpha value is -1.47. The molecule has 2 heterocycles. The zero-order chi connectivity index (χ0) is 13.1. The molecule has 0 aliphatic heterocycles. The molecule has 94 valence electrons. The van der Waals surface area contributed by atoms with Gasteiger partial charge < -0.3 is 5.73 Å². The lowest BCUT2D eigenvalue weighted by molar-refractivity contribution is 0.465. The summed E-state index contributed by atoms with van der Waals surface area (Å²) >= 11 is 3.02. The summed E-state index contributed by atoms with van der Waals surface area (Å²) in [5, 5.41) is 0. The fraction of sp³-hybridized carbons (Fsp3) is 0.182. The Bertz CT molecular complexity index is 560. The van der Waals surface area contributed by atoms with Crippen LogP contribution in [0.15, 0.2) is 23.1 Å². The molecule has 7 heteroatoms. The Morgan fingerprint density at radius 1 is 1.28 bits per heavy atom. The van der Waals surface area contributed by atoms with Crippen molar-refractivity contribution in [2.45, 2.75) is 13.2 Å². The quantitative estimate of drug-likeness (QED) is 0.883. The predicted octanol–water partition coefficient (Wildman–Crippen LogP) is 2.37. The van der Waals surface area contributed by atoms with Crippen LogP contribution in [0.5, 0.6) is 0 Å². The van der Waals surface area contributed by atoms with E-state index in [0.717, 1.165) is 0 Å². The molecule has 2 aromatic rings. The molecule has 0 spiro atoms. The highest BCUT2D eigenvalue weighted by Gasteiger charge is 2.12. The number of nitrogens with zero attached hydrogens (tertiary/aromatic N) is 3. The van der Waals surface area contributed by atoms with Crippen molar-refractivity contribution in [3.8, 4) is 11.1 Å². The Kier molecular flexibility index (Phi) is 3.93. The summed E-state index contributed by atoms with van der Waals surface area (Å²) in [6.45, 7) is -0.563. The third-order valence-electron chi connectivity index (χ3n) is 2.32. The molecule has 18 heavy (non-hydrogen) atoms. The van der Waals surface area contributed by atoms with Crippen molar-refractivity contribution in [3.05, 3.63) is 40.4 Å². The standard InChI is InChI=1S/C11H9BrF2N4/c12-11-10(14)8(1-7(3-15)18-11)6-4-16-9(2-13)17-5-6/h1,4-5H,2-3,15H2. The summed E-state index contributed by atoms with van der Waals surface area (Å²) in [6.07, 6.45) is 2.74. The van der Waals surface area contributed by atoms with E-state index in [0.29, 0.717) is 11.3 Å². The van der Waals surface area contributed by atoms with Crippen LogP contribution in [0.3, 0.4) is 0 Å². The lowest BCUT2D eigenvalue weighted by Gasteiger charge is -2.07. The van der Waals surface area contributed by atoms with Gasteiger partial charge in [-0.3, -0.25) is 0 Å². The lowest BCUT2D eigenvalue weighted by Crippen LogP contribution is -2.03. The second-order valence-corrected chi connectivity index (χ2v) is 4.24. The summed E-state index contributed by atoms with van der Waals surface area (Å²) in [5.41, 5.74) is 6.74. The highest BCUT2D eigenvalue weighted by molar-refractivity contribution is 9.10. The number of alkyl halides is 1. The SMILES string of the molecule is NCc1cc(-c2cnc(CF)nc2)c(F)c(Br)n1. The molecule has 0 aliphatic rings. The van der Waals surface area contributed by atoms with Gasteiger partial charge in [-0.05, 0) is 22.0 Å². The molecule has 0 unspecified atom stereocenters.